The summed E-state index contributed by atoms with van der Waals surface area (Å²) in [5.41, 5.74) is 3.05. The van der Waals surface area contributed by atoms with E-state index in [0.717, 1.165) is 17.7 Å². The first kappa shape index (κ1) is 9.77. The summed E-state index contributed by atoms with van der Waals surface area (Å²) in [5.74, 6) is 0.123. The molecule has 0 aliphatic rings. The Balaban J connectivity index is 2.41. The molecule has 1 N–H and O–H groups in total. The zero-order valence-electron chi connectivity index (χ0n) is 8.94. The van der Waals surface area contributed by atoms with Gasteiger partial charge in [-0.05, 0) is 25.5 Å². The summed E-state index contributed by atoms with van der Waals surface area (Å²) in [6.45, 7) is 4.04. The van der Waals surface area contributed by atoms with Gasteiger partial charge in [0.25, 0.3) is 0 Å². The van der Waals surface area contributed by atoms with E-state index in [2.05, 4.69) is 5.10 Å². The molecule has 1 heterocycles. The molecular weight excluding hydrogens is 188 g/mol. The summed E-state index contributed by atoms with van der Waals surface area (Å²) in [7, 11) is 0. The molecule has 0 aliphatic heterocycles. The second kappa shape index (κ2) is 3.77. The Labute approximate surface area is 89.0 Å². The molecule has 3 nitrogen and oxygen atoms in total. The molecule has 78 valence electrons. The van der Waals surface area contributed by atoms with Crippen molar-refractivity contribution in [2.24, 2.45) is 0 Å². The Morgan fingerprint density at radius 3 is 2.47 bits per heavy atom. The topological polar surface area (TPSA) is 38.0 Å². The van der Waals surface area contributed by atoms with Gasteiger partial charge in [0.1, 0.15) is 0 Å². The first-order valence-electron chi connectivity index (χ1n) is 5.05. The van der Waals surface area contributed by atoms with E-state index in [1.807, 2.05) is 44.3 Å². The number of benzene rings is 1. The van der Waals surface area contributed by atoms with Crippen molar-refractivity contribution in [3.8, 4) is 11.6 Å². The number of aromatic hydroxyl groups is 1. The van der Waals surface area contributed by atoms with Crippen LogP contribution in [0.4, 0.5) is 0 Å². The van der Waals surface area contributed by atoms with E-state index in [0.29, 0.717) is 0 Å². The van der Waals surface area contributed by atoms with Gasteiger partial charge in [0, 0.05) is 11.8 Å². The van der Waals surface area contributed by atoms with Crippen LogP contribution in [0.5, 0.6) is 5.88 Å². The molecular formula is C12H14N2O. The largest absolute Gasteiger partial charge is 0.492 e. The number of aryl methyl sites for hydroxylation is 2. The van der Waals surface area contributed by atoms with Crippen LogP contribution >= 0.6 is 0 Å². The molecule has 0 saturated carbocycles. The molecule has 0 amide bonds. The molecule has 0 bridgehead atoms. The molecule has 15 heavy (non-hydrogen) atoms. The third-order valence-corrected chi connectivity index (χ3v) is 2.45. The number of aromatic nitrogens is 2. The summed E-state index contributed by atoms with van der Waals surface area (Å²) in [6, 6.07) is 8.03. The van der Waals surface area contributed by atoms with Crippen LogP contribution in [0.1, 0.15) is 18.1 Å². The summed E-state index contributed by atoms with van der Waals surface area (Å²) in [5, 5.41) is 13.6. The van der Waals surface area contributed by atoms with E-state index in [1.165, 1.54) is 5.56 Å². The standard InChI is InChI=1S/C12H14N2O/c1-3-10-8-14(13-12(10)15)11-6-4-9(2)5-7-11/h4-8H,3H2,1-2H3,(H,13,15). The Morgan fingerprint density at radius 1 is 1.27 bits per heavy atom. The number of hydrogen-bond donors (Lipinski definition) is 1. The van der Waals surface area contributed by atoms with Crippen molar-refractivity contribution in [1.29, 1.82) is 0 Å². The minimum Gasteiger partial charge on any atom is -0.492 e. The van der Waals surface area contributed by atoms with Crippen molar-refractivity contribution in [1.82, 2.24) is 9.78 Å². The van der Waals surface area contributed by atoms with Crippen LogP contribution in [-0.4, -0.2) is 14.9 Å². The minimum absolute atomic E-state index is 0.123. The second-order valence-electron chi connectivity index (χ2n) is 3.61. The lowest BCUT2D eigenvalue weighted by Crippen LogP contribution is -1.93. The normalized spacial score (nSPS) is 10.5. The lowest BCUT2D eigenvalue weighted by Gasteiger charge is -2.00. The number of hydrogen-bond acceptors (Lipinski definition) is 2. The average molecular weight is 202 g/mol. The Morgan fingerprint density at radius 2 is 1.93 bits per heavy atom. The highest BCUT2D eigenvalue weighted by molar-refractivity contribution is 5.36. The maximum absolute atomic E-state index is 9.52. The van der Waals surface area contributed by atoms with Crippen molar-refractivity contribution >= 4 is 0 Å². The molecule has 0 fully saturated rings. The molecule has 2 rings (SSSR count). The lowest BCUT2D eigenvalue weighted by atomic mass is 10.2. The Bertz CT molecular complexity index is 457. The Kier molecular flexibility index (Phi) is 2.46. The van der Waals surface area contributed by atoms with Gasteiger partial charge in [0.05, 0.1) is 5.69 Å². The van der Waals surface area contributed by atoms with Crippen molar-refractivity contribution in [3.63, 3.8) is 0 Å². The fourth-order valence-electron chi connectivity index (χ4n) is 1.48. The van der Waals surface area contributed by atoms with Crippen LogP contribution in [0.15, 0.2) is 30.5 Å². The predicted octanol–water partition coefficient (Wildman–Crippen LogP) is 2.45. The van der Waals surface area contributed by atoms with Gasteiger partial charge in [-0.15, -0.1) is 5.10 Å². The lowest BCUT2D eigenvalue weighted by molar-refractivity contribution is 0.443. The van der Waals surface area contributed by atoms with E-state index in [9.17, 15) is 5.11 Å². The molecule has 3 heteroatoms. The molecule has 0 spiro atoms. The average Bonchev–Trinajstić information content (AvgIpc) is 2.61. The van der Waals surface area contributed by atoms with E-state index in [1.54, 1.807) is 4.68 Å². The molecule has 0 radical (unpaired) electrons. The Hall–Kier alpha value is -1.77. The van der Waals surface area contributed by atoms with Crippen LogP contribution in [0.3, 0.4) is 0 Å². The van der Waals surface area contributed by atoms with Crippen LogP contribution in [0.25, 0.3) is 5.69 Å². The first-order valence-corrected chi connectivity index (χ1v) is 5.05. The van der Waals surface area contributed by atoms with E-state index in [4.69, 9.17) is 0 Å². The highest BCUT2D eigenvalue weighted by Crippen LogP contribution is 2.17. The summed E-state index contributed by atoms with van der Waals surface area (Å²) < 4.78 is 1.70. The van der Waals surface area contributed by atoms with Crippen molar-refractivity contribution in [2.75, 3.05) is 0 Å². The van der Waals surface area contributed by atoms with Gasteiger partial charge in [-0.3, -0.25) is 0 Å². The number of rotatable bonds is 2. The molecule has 0 aliphatic carbocycles. The molecule has 0 unspecified atom stereocenters. The summed E-state index contributed by atoms with van der Waals surface area (Å²) in [6.07, 6.45) is 2.65. The minimum atomic E-state index is 0.123. The SMILES string of the molecule is CCc1cn(-c2ccc(C)cc2)nc1O. The van der Waals surface area contributed by atoms with E-state index >= 15 is 0 Å². The van der Waals surface area contributed by atoms with Gasteiger partial charge in [0.2, 0.25) is 5.88 Å². The zero-order chi connectivity index (χ0) is 10.8. The highest BCUT2D eigenvalue weighted by atomic mass is 16.3. The van der Waals surface area contributed by atoms with Gasteiger partial charge in [-0.1, -0.05) is 24.6 Å². The van der Waals surface area contributed by atoms with E-state index in [-0.39, 0.29) is 5.88 Å². The van der Waals surface area contributed by atoms with Crippen LogP contribution in [0, 0.1) is 6.92 Å². The van der Waals surface area contributed by atoms with Crippen LogP contribution < -0.4 is 0 Å². The maximum Gasteiger partial charge on any atom is 0.233 e. The summed E-state index contributed by atoms with van der Waals surface area (Å²) >= 11 is 0. The molecule has 1 aromatic heterocycles. The molecule has 0 saturated heterocycles. The monoisotopic (exact) mass is 202 g/mol. The highest BCUT2D eigenvalue weighted by Gasteiger charge is 2.06. The van der Waals surface area contributed by atoms with Crippen molar-refractivity contribution in [2.45, 2.75) is 20.3 Å². The van der Waals surface area contributed by atoms with Gasteiger partial charge in [-0.2, -0.15) is 0 Å². The van der Waals surface area contributed by atoms with Crippen LogP contribution in [0.2, 0.25) is 0 Å². The quantitative estimate of drug-likeness (QED) is 0.812. The van der Waals surface area contributed by atoms with Gasteiger partial charge >= 0.3 is 0 Å². The van der Waals surface area contributed by atoms with Crippen molar-refractivity contribution < 1.29 is 5.11 Å². The van der Waals surface area contributed by atoms with Gasteiger partial charge in [0.15, 0.2) is 0 Å². The summed E-state index contributed by atoms with van der Waals surface area (Å²) in [4.78, 5) is 0. The molecule has 1 aromatic carbocycles. The van der Waals surface area contributed by atoms with Gasteiger partial charge in [-0.25, -0.2) is 4.68 Å². The fraction of sp³-hybridized carbons (Fsp3) is 0.250. The fourth-order valence-corrected chi connectivity index (χ4v) is 1.48. The second-order valence-corrected chi connectivity index (χ2v) is 3.61. The van der Waals surface area contributed by atoms with Crippen LogP contribution in [-0.2, 0) is 6.42 Å². The number of nitrogens with zero attached hydrogens (tertiary/aromatic N) is 2. The van der Waals surface area contributed by atoms with Gasteiger partial charge < -0.3 is 5.11 Å². The third kappa shape index (κ3) is 1.86. The van der Waals surface area contributed by atoms with E-state index < -0.39 is 0 Å². The zero-order valence-corrected chi connectivity index (χ0v) is 8.94. The molecule has 0 atom stereocenters. The molecule has 2 aromatic rings. The van der Waals surface area contributed by atoms with Crippen molar-refractivity contribution in [3.05, 3.63) is 41.6 Å². The predicted molar refractivity (Wildman–Crippen MR) is 59.3 cm³/mol. The first-order chi connectivity index (χ1) is 7.20. The third-order valence-electron chi connectivity index (χ3n) is 2.45. The maximum atomic E-state index is 9.52. The smallest absolute Gasteiger partial charge is 0.233 e.